The third-order valence-corrected chi connectivity index (χ3v) is 9.62. The summed E-state index contributed by atoms with van der Waals surface area (Å²) in [6.07, 6.45) is 3.81. The van der Waals surface area contributed by atoms with Crippen molar-refractivity contribution in [2.24, 2.45) is 10.3 Å². The summed E-state index contributed by atoms with van der Waals surface area (Å²) in [6, 6.07) is 17.8. The van der Waals surface area contributed by atoms with Crippen LogP contribution in [0.2, 0.25) is 0 Å². The van der Waals surface area contributed by atoms with Gasteiger partial charge in [-0.25, -0.2) is 12.9 Å². The Kier molecular flexibility index (Phi) is 7.39. The Labute approximate surface area is 203 Å². The fourth-order valence-corrected chi connectivity index (χ4v) is 7.27. The van der Waals surface area contributed by atoms with Gasteiger partial charge in [-0.05, 0) is 63.6 Å². The van der Waals surface area contributed by atoms with Gasteiger partial charge in [0.25, 0.3) is 0 Å². The van der Waals surface area contributed by atoms with Crippen molar-refractivity contribution in [3.63, 3.8) is 0 Å². The van der Waals surface area contributed by atoms with Crippen LogP contribution in [0.4, 0.5) is 0 Å². The van der Waals surface area contributed by atoms with Crippen LogP contribution in [-0.2, 0) is 21.3 Å². The van der Waals surface area contributed by atoms with E-state index in [9.17, 15) is 14.3 Å². The van der Waals surface area contributed by atoms with Gasteiger partial charge in [0.1, 0.15) is 16.0 Å². The minimum atomic E-state index is -2.89. The van der Waals surface area contributed by atoms with Crippen LogP contribution in [0.15, 0.2) is 57.8 Å². The molecule has 0 aromatic heterocycles. The number of carbonyl (C=O) groups excluding carboxylic acids is 1. The predicted octanol–water partition coefficient (Wildman–Crippen LogP) is 4.86. The van der Waals surface area contributed by atoms with Crippen LogP contribution >= 0.6 is 0 Å². The molecule has 1 aliphatic heterocycles. The maximum absolute atomic E-state index is 14.2. The largest absolute Gasteiger partial charge is 0.334 e. The molecule has 2 aliphatic rings. The van der Waals surface area contributed by atoms with Gasteiger partial charge < -0.3 is 4.90 Å². The molecule has 0 N–H and O–H groups in total. The van der Waals surface area contributed by atoms with E-state index in [-0.39, 0.29) is 17.9 Å². The Balaban J connectivity index is 1.65. The van der Waals surface area contributed by atoms with Crippen LogP contribution < -0.4 is 0 Å². The van der Waals surface area contributed by atoms with E-state index in [2.05, 4.69) is 34.7 Å². The molecular formula is C27H34N4O2S. The van der Waals surface area contributed by atoms with E-state index in [0.29, 0.717) is 30.8 Å². The first-order chi connectivity index (χ1) is 16.4. The second-order valence-corrected chi connectivity index (χ2v) is 11.8. The van der Waals surface area contributed by atoms with Gasteiger partial charge in [-0.2, -0.15) is 5.26 Å². The van der Waals surface area contributed by atoms with Crippen molar-refractivity contribution in [3.8, 4) is 6.07 Å². The lowest BCUT2D eigenvalue weighted by Crippen LogP contribution is -2.50. The zero-order valence-electron chi connectivity index (χ0n) is 20.3. The third kappa shape index (κ3) is 4.89. The smallest absolute Gasteiger partial charge is 0.241 e. The Morgan fingerprint density at radius 1 is 1.09 bits per heavy atom. The minimum Gasteiger partial charge on any atom is -0.334 e. The molecule has 2 aromatic rings. The molecule has 1 saturated heterocycles. The second kappa shape index (κ2) is 10.3. The summed E-state index contributed by atoms with van der Waals surface area (Å²) in [6.45, 7) is 5.12. The number of amides is 1. The maximum Gasteiger partial charge on any atom is 0.241 e. The number of benzene rings is 2. The summed E-state index contributed by atoms with van der Waals surface area (Å²) in [4.78, 5) is 16.7. The quantitative estimate of drug-likeness (QED) is 0.595. The molecule has 7 heteroatoms. The summed E-state index contributed by atoms with van der Waals surface area (Å²) < 4.78 is 20.4. The van der Waals surface area contributed by atoms with E-state index in [0.717, 1.165) is 30.4 Å². The molecule has 1 aliphatic carbocycles. The number of rotatable bonds is 6. The summed E-state index contributed by atoms with van der Waals surface area (Å²) in [7, 11) is -1.30. The van der Waals surface area contributed by atoms with Crippen LogP contribution in [-0.4, -0.2) is 45.0 Å². The van der Waals surface area contributed by atoms with Crippen molar-refractivity contribution in [2.45, 2.75) is 69.5 Å². The molecule has 0 bridgehead atoms. The predicted molar refractivity (Wildman–Crippen MR) is 134 cm³/mol. The molecule has 1 amide bonds. The highest BCUT2D eigenvalue weighted by atomic mass is 32.2. The van der Waals surface area contributed by atoms with Crippen molar-refractivity contribution in [3.05, 3.63) is 65.2 Å². The lowest BCUT2D eigenvalue weighted by molar-refractivity contribution is -0.137. The van der Waals surface area contributed by atoms with Crippen LogP contribution in [0.25, 0.3) is 0 Å². The summed E-state index contributed by atoms with van der Waals surface area (Å²) in [5.74, 6) is -0.00873. The van der Waals surface area contributed by atoms with Gasteiger partial charge in [0, 0.05) is 32.1 Å². The molecule has 6 nitrogen and oxygen atoms in total. The lowest BCUT2D eigenvalue weighted by atomic mass is 10.1. The highest BCUT2D eigenvalue weighted by molar-refractivity contribution is 7.91. The fourth-order valence-electron chi connectivity index (χ4n) is 5.17. The maximum atomic E-state index is 14.2. The van der Waals surface area contributed by atoms with E-state index in [4.69, 9.17) is 0 Å². The fraction of sp³-hybridized carbons (Fsp3) is 0.481. The van der Waals surface area contributed by atoms with Gasteiger partial charge in [-0.1, -0.05) is 47.5 Å². The van der Waals surface area contributed by atoms with Crippen LogP contribution in [0.1, 0.15) is 48.8 Å². The first-order valence-corrected chi connectivity index (χ1v) is 13.6. The van der Waals surface area contributed by atoms with Crippen molar-refractivity contribution < 1.29 is 9.00 Å². The standard InChI is InChI=1S/C27H34N4O2S/c1-20-6-10-22(11-7-20)19-30(24-13-12-23(17-24)18-28)27(32)26-5-4-16-31(26)34(33,29-3)25-14-8-21(2)9-15-25/h6-11,14-15,23-24,26H,4-5,12-13,16-17,19H2,1-3H3/t23-,24+,26-,34+/m0/s1. The molecule has 1 saturated carbocycles. The van der Waals surface area contributed by atoms with Gasteiger partial charge in [0.2, 0.25) is 5.91 Å². The zero-order chi connectivity index (χ0) is 24.3. The van der Waals surface area contributed by atoms with Gasteiger partial charge in [0.15, 0.2) is 0 Å². The van der Waals surface area contributed by atoms with E-state index in [1.165, 1.54) is 5.56 Å². The van der Waals surface area contributed by atoms with Gasteiger partial charge in [-0.3, -0.25) is 4.79 Å². The minimum absolute atomic E-state index is 0.00477. The number of nitriles is 1. The molecule has 0 radical (unpaired) electrons. The van der Waals surface area contributed by atoms with Gasteiger partial charge in [0.05, 0.1) is 11.0 Å². The van der Waals surface area contributed by atoms with Crippen LogP contribution in [0, 0.1) is 31.1 Å². The molecule has 180 valence electrons. The Bertz CT molecular complexity index is 1180. The van der Waals surface area contributed by atoms with E-state index < -0.39 is 16.0 Å². The normalized spacial score (nSPS) is 24.4. The first-order valence-electron chi connectivity index (χ1n) is 12.1. The monoisotopic (exact) mass is 478 g/mol. The molecule has 4 atom stereocenters. The van der Waals surface area contributed by atoms with E-state index >= 15 is 0 Å². The Morgan fingerprint density at radius 2 is 1.74 bits per heavy atom. The summed E-state index contributed by atoms with van der Waals surface area (Å²) in [5.41, 5.74) is 3.34. The van der Waals surface area contributed by atoms with E-state index in [1.807, 2.05) is 47.3 Å². The van der Waals surface area contributed by atoms with Crippen molar-refractivity contribution >= 4 is 15.8 Å². The van der Waals surface area contributed by atoms with E-state index in [1.54, 1.807) is 7.05 Å². The molecule has 34 heavy (non-hydrogen) atoms. The van der Waals surface area contributed by atoms with Crippen molar-refractivity contribution in [2.75, 3.05) is 13.6 Å². The number of nitrogens with zero attached hydrogens (tertiary/aromatic N) is 4. The molecule has 2 aromatic carbocycles. The molecule has 0 unspecified atom stereocenters. The second-order valence-electron chi connectivity index (χ2n) is 9.54. The Morgan fingerprint density at radius 3 is 2.32 bits per heavy atom. The molecule has 2 fully saturated rings. The topological polar surface area (TPSA) is 76.8 Å². The number of aryl methyl sites for hydroxylation is 2. The summed E-state index contributed by atoms with van der Waals surface area (Å²) >= 11 is 0. The van der Waals surface area contributed by atoms with Crippen LogP contribution in [0.5, 0.6) is 0 Å². The Hall–Kier alpha value is -2.69. The average Bonchev–Trinajstić information content (AvgIpc) is 3.53. The van der Waals surface area contributed by atoms with Crippen molar-refractivity contribution in [1.29, 1.82) is 5.26 Å². The molecular weight excluding hydrogens is 444 g/mol. The number of hydrogen-bond acceptors (Lipinski definition) is 4. The van der Waals surface area contributed by atoms with Crippen molar-refractivity contribution in [1.82, 2.24) is 9.21 Å². The highest BCUT2D eigenvalue weighted by Gasteiger charge is 2.42. The number of carbonyl (C=O) groups is 1. The van der Waals surface area contributed by atoms with Gasteiger partial charge >= 0.3 is 0 Å². The highest BCUT2D eigenvalue weighted by Crippen LogP contribution is 2.34. The number of hydrogen-bond donors (Lipinski definition) is 0. The average molecular weight is 479 g/mol. The molecule has 4 rings (SSSR count). The lowest BCUT2D eigenvalue weighted by Gasteiger charge is -2.35. The van der Waals surface area contributed by atoms with Crippen LogP contribution in [0.3, 0.4) is 0 Å². The van der Waals surface area contributed by atoms with Gasteiger partial charge in [-0.15, -0.1) is 0 Å². The third-order valence-electron chi connectivity index (χ3n) is 7.17. The first kappa shape index (κ1) is 24.4. The summed E-state index contributed by atoms with van der Waals surface area (Å²) in [5, 5.41) is 9.45. The molecule has 1 heterocycles. The molecule has 0 spiro atoms. The SMILES string of the molecule is CN=[S@](=O)(c1ccc(C)cc1)N1CCC[C@H]1C(=O)N(Cc1ccc(C)cc1)[C@@H]1CC[C@H](C#N)C1. The zero-order valence-corrected chi connectivity index (χ0v) is 21.1.